The van der Waals surface area contributed by atoms with E-state index in [1.165, 1.54) is 32.1 Å². The lowest BCUT2D eigenvalue weighted by molar-refractivity contribution is -0.134. The van der Waals surface area contributed by atoms with E-state index in [9.17, 15) is 9.59 Å². The summed E-state index contributed by atoms with van der Waals surface area (Å²) < 4.78 is 0. The summed E-state index contributed by atoms with van der Waals surface area (Å²) in [6.45, 7) is 9.50. The third-order valence-electron chi connectivity index (χ3n) is 8.20. The predicted octanol–water partition coefficient (Wildman–Crippen LogP) is 1.92. The van der Waals surface area contributed by atoms with Crippen LogP contribution in [0.5, 0.6) is 0 Å². The van der Waals surface area contributed by atoms with Gasteiger partial charge in [0.2, 0.25) is 5.91 Å². The summed E-state index contributed by atoms with van der Waals surface area (Å²) in [4.78, 5) is 41.4. The average Bonchev–Trinajstić information content (AvgIpc) is 3.13. The van der Waals surface area contributed by atoms with Gasteiger partial charge in [-0.15, -0.1) is 0 Å². The molecule has 1 aromatic rings. The van der Waals surface area contributed by atoms with Crippen molar-refractivity contribution in [1.29, 1.82) is 0 Å². The van der Waals surface area contributed by atoms with Gasteiger partial charge in [-0.1, -0.05) is 19.3 Å². The van der Waals surface area contributed by atoms with Crippen molar-refractivity contribution in [2.45, 2.75) is 51.0 Å². The zero-order chi connectivity index (χ0) is 23.3. The summed E-state index contributed by atoms with van der Waals surface area (Å²) in [5.74, 6) is 1.31. The Morgan fingerprint density at radius 1 is 0.765 bits per heavy atom. The van der Waals surface area contributed by atoms with Crippen LogP contribution in [0.2, 0.25) is 0 Å². The molecule has 0 aromatic carbocycles. The monoisotopic (exact) mass is 468 g/mol. The number of hydrogen-bond donors (Lipinski definition) is 0. The Balaban J connectivity index is 1.06. The zero-order valence-electron chi connectivity index (χ0n) is 20.5. The van der Waals surface area contributed by atoms with E-state index in [1.54, 1.807) is 6.20 Å². The fourth-order valence-electron chi connectivity index (χ4n) is 5.67. The lowest BCUT2D eigenvalue weighted by atomic mass is 9.91. The van der Waals surface area contributed by atoms with Crippen molar-refractivity contribution in [2.75, 3.05) is 76.9 Å². The summed E-state index contributed by atoms with van der Waals surface area (Å²) in [5.41, 5.74) is 0.687. The quantitative estimate of drug-likeness (QED) is 0.658. The molecule has 0 radical (unpaired) electrons. The summed E-state index contributed by atoms with van der Waals surface area (Å²) in [6.07, 6.45) is 10.4. The number of aromatic nitrogens is 1. The number of likely N-dealkylation sites (tertiary alicyclic amines) is 1. The molecule has 186 valence electrons. The fraction of sp³-hybridized carbons (Fsp3) is 0.731. The van der Waals surface area contributed by atoms with Crippen LogP contribution in [0.25, 0.3) is 0 Å². The molecule has 0 bridgehead atoms. The molecule has 0 unspecified atom stereocenters. The first kappa shape index (κ1) is 23.5. The van der Waals surface area contributed by atoms with Crippen molar-refractivity contribution in [3.05, 3.63) is 23.9 Å². The highest BCUT2D eigenvalue weighted by Gasteiger charge is 2.30. The number of carbonyl (C=O) groups excluding carboxylic acids is 2. The van der Waals surface area contributed by atoms with Crippen LogP contribution in [0.15, 0.2) is 18.3 Å². The van der Waals surface area contributed by atoms with Gasteiger partial charge >= 0.3 is 0 Å². The van der Waals surface area contributed by atoms with Crippen molar-refractivity contribution in [3.8, 4) is 0 Å². The van der Waals surface area contributed by atoms with Crippen molar-refractivity contribution < 1.29 is 9.59 Å². The van der Waals surface area contributed by atoms with Crippen LogP contribution in [0.4, 0.5) is 5.82 Å². The largest absolute Gasteiger partial charge is 0.354 e. The van der Waals surface area contributed by atoms with Gasteiger partial charge < -0.3 is 14.7 Å². The van der Waals surface area contributed by atoms with Crippen molar-refractivity contribution in [1.82, 2.24) is 24.6 Å². The Hall–Kier alpha value is -2.19. The van der Waals surface area contributed by atoms with Gasteiger partial charge in [0.15, 0.2) is 0 Å². The number of rotatable bonds is 5. The first-order valence-electron chi connectivity index (χ1n) is 13.4. The minimum atomic E-state index is 0.109. The molecule has 0 N–H and O–H groups in total. The number of anilines is 1. The highest BCUT2D eigenvalue weighted by Crippen LogP contribution is 2.25. The van der Waals surface area contributed by atoms with Crippen LogP contribution in [-0.2, 0) is 4.79 Å². The average molecular weight is 469 g/mol. The van der Waals surface area contributed by atoms with Crippen LogP contribution in [0, 0.1) is 0 Å². The second-order valence-corrected chi connectivity index (χ2v) is 10.4. The van der Waals surface area contributed by atoms with Crippen LogP contribution in [0.1, 0.15) is 55.3 Å². The molecule has 2 amide bonds. The molecular formula is C26H40N6O2. The first-order chi connectivity index (χ1) is 16.7. The maximum atomic E-state index is 12.8. The Kier molecular flexibility index (Phi) is 7.64. The van der Waals surface area contributed by atoms with Crippen LogP contribution in [-0.4, -0.2) is 114 Å². The second kappa shape index (κ2) is 11.0. The van der Waals surface area contributed by atoms with Gasteiger partial charge in [0, 0.05) is 77.7 Å². The molecule has 8 nitrogen and oxygen atoms in total. The maximum absolute atomic E-state index is 12.8. The molecule has 0 atom stereocenters. The van der Waals surface area contributed by atoms with Crippen molar-refractivity contribution >= 4 is 17.6 Å². The second-order valence-electron chi connectivity index (χ2n) is 10.4. The summed E-state index contributed by atoms with van der Waals surface area (Å²) in [5, 5.41) is 0. The smallest absolute Gasteiger partial charge is 0.255 e. The number of amides is 2. The van der Waals surface area contributed by atoms with E-state index in [4.69, 9.17) is 0 Å². The van der Waals surface area contributed by atoms with E-state index in [2.05, 4.69) is 24.6 Å². The van der Waals surface area contributed by atoms with Gasteiger partial charge in [-0.2, -0.15) is 0 Å². The van der Waals surface area contributed by atoms with Crippen LogP contribution >= 0.6 is 0 Å². The minimum Gasteiger partial charge on any atom is -0.354 e. The molecule has 1 aliphatic carbocycles. The highest BCUT2D eigenvalue weighted by atomic mass is 16.2. The topological polar surface area (TPSA) is 63.2 Å². The van der Waals surface area contributed by atoms with E-state index in [-0.39, 0.29) is 11.8 Å². The Labute approximate surface area is 203 Å². The van der Waals surface area contributed by atoms with Crippen molar-refractivity contribution in [3.63, 3.8) is 0 Å². The molecule has 1 saturated carbocycles. The van der Waals surface area contributed by atoms with E-state index in [0.717, 1.165) is 90.1 Å². The lowest BCUT2D eigenvalue weighted by Crippen LogP contribution is -2.56. The SMILES string of the molecule is O=C(CN1CCN(c2ccc(C(=O)N3CCCCCC3)cn2)CC1)N1CCN(C2CCC2)CC1. The van der Waals surface area contributed by atoms with E-state index >= 15 is 0 Å². The Morgan fingerprint density at radius 3 is 2.06 bits per heavy atom. The third-order valence-corrected chi connectivity index (χ3v) is 8.20. The molecule has 1 aromatic heterocycles. The van der Waals surface area contributed by atoms with E-state index in [0.29, 0.717) is 12.1 Å². The number of piperazine rings is 2. The maximum Gasteiger partial charge on any atom is 0.255 e. The summed E-state index contributed by atoms with van der Waals surface area (Å²) >= 11 is 0. The number of nitrogens with zero attached hydrogens (tertiary/aromatic N) is 6. The Morgan fingerprint density at radius 2 is 1.47 bits per heavy atom. The molecular weight excluding hydrogens is 428 g/mol. The van der Waals surface area contributed by atoms with Gasteiger partial charge in [0.25, 0.3) is 5.91 Å². The van der Waals surface area contributed by atoms with Crippen LogP contribution < -0.4 is 4.90 Å². The molecule has 0 spiro atoms. The predicted molar refractivity (Wildman–Crippen MR) is 133 cm³/mol. The third kappa shape index (κ3) is 5.54. The number of pyridine rings is 1. The molecule has 3 saturated heterocycles. The first-order valence-corrected chi connectivity index (χ1v) is 13.4. The normalized spacial score (nSPS) is 23.5. The van der Waals surface area contributed by atoms with Gasteiger partial charge in [-0.05, 0) is 37.8 Å². The standard InChI is InChI=1S/C26H40N6O2/c33-25(31-18-16-29(17-19-31)23-6-5-7-23)21-28-12-14-30(15-13-28)24-9-8-22(20-27-24)26(34)32-10-3-1-2-4-11-32/h8-9,20,23H,1-7,10-19,21H2. The molecule has 4 aliphatic rings. The van der Waals surface area contributed by atoms with Gasteiger partial charge in [-0.3, -0.25) is 19.4 Å². The van der Waals surface area contributed by atoms with Crippen molar-refractivity contribution in [2.24, 2.45) is 0 Å². The minimum absolute atomic E-state index is 0.109. The molecule has 5 rings (SSSR count). The number of carbonyl (C=O) groups is 2. The molecule has 34 heavy (non-hydrogen) atoms. The number of hydrogen-bond acceptors (Lipinski definition) is 6. The van der Waals surface area contributed by atoms with Crippen LogP contribution in [0.3, 0.4) is 0 Å². The van der Waals surface area contributed by atoms with Gasteiger partial charge in [0.1, 0.15) is 5.82 Å². The zero-order valence-corrected chi connectivity index (χ0v) is 20.5. The Bertz CT molecular complexity index is 818. The van der Waals surface area contributed by atoms with E-state index in [1.807, 2.05) is 17.0 Å². The van der Waals surface area contributed by atoms with Gasteiger partial charge in [-0.25, -0.2) is 4.98 Å². The fourth-order valence-corrected chi connectivity index (χ4v) is 5.67. The molecule has 3 aliphatic heterocycles. The van der Waals surface area contributed by atoms with Gasteiger partial charge in [0.05, 0.1) is 12.1 Å². The summed E-state index contributed by atoms with van der Waals surface area (Å²) in [6, 6.07) is 4.68. The molecule has 4 fully saturated rings. The van der Waals surface area contributed by atoms with E-state index < -0.39 is 0 Å². The summed E-state index contributed by atoms with van der Waals surface area (Å²) in [7, 11) is 0. The highest BCUT2D eigenvalue weighted by molar-refractivity contribution is 5.94. The lowest BCUT2D eigenvalue weighted by Gasteiger charge is -2.43. The molecule has 4 heterocycles. The molecule has 8 heteroatoms.